The molecular weight excluding hydrogens is 488 g/mol. The SMILES string of the molecule is COC(=O)[C@H](CCCC[C@H](NC(=O)c1ccc([N+](=O)[O-])cc1)C(=O)OC)NC(=O)c1ccc(NO)cc1. The summed E-state index contributed by atoms with van der Waals surface area (Å²) in [6.07, 6.45) is 1.18. The summed E-state index contributed by atoms with van der Waals surface area (Å²) in [5.41, 5.74) is 2.58. The Kier molecular flexibility index (Phi) is 11.0. The van der Waals surface area contributed by atoms with Crippen molar-refractivity contribution in [3.05, 3.63) is 69.8 Å². The van der Waals surface area contributed by atoms with E-state index >= 15 is 0 Å². The minimum atomic E-state index is -0.988. The molecule has 0 bridgehead atoms. The summed E-state index contributed by atoms with van der Waals surface area (Å²) in [6, 6.07) is 8.89. The van der Waals surface area contributed by atoms with Gasteiger partial charge in [-0.2, -0.15) is 0 Å². The van der Waals surface area contributed by atoms with E-state index in [2.05, 4.69) is 10.6 Å². The molecule has 0 aliphatic carbocycles. The Morgan fingerprint density at radius 3 is 1.57 bits per heavy atom. The normalized spacial score (nSPS) is 12.0. The molecule has 0 aliphatic heterocycles. The molecule has 198 valence electrons. The van der Waals surface area contributed by atoms with Gasteiger partial charge in [-0.05, 0) is 49.2 Å². The number of benzene rings is 2. The zero-order valence-electron chi connectivity index (χ0n) is 20.3. The molecule has 13 nitrogen and oxygen atoms in total. The van der Waals surface area contributed by atoms with Gasteiger partial charge in [0.1, 0.15) is 12.1 Å². The summed E-state index contributed by atoms with van der Waals surface area (Å²) < 4.78 is 9.53. The average Bonchev–Trinajstić information content (AvgIpc) is 2.92. The molecule has 0 radical (unpaired) electrons. The van der Waals surface area contributed by atoms with E-state index in [0.717, 1.165) is 0 Å². The molecule has 0 aliphatic rings. The van der Waals surface area contributed by atoms with Crippen LogP contribution in [0.3, 0.4) is 0 Å². The first-order valence-electron chi connectivity index (χ1n) is 11.2. The number of hydrogen-bond acceptors (Lipinski definition) is 10. The number of rotatable bonds is 13. The van der Waals surface area contributed by atoms with Crippen LogP contribution in [0.4, 0.5) is 11.4 Å². The van der Waals surface area contributed by atoms with E-state index in [1.54, 1.807) is 0 Å². The number of hydrogen-bond donors (Lipinski definition) is 4. The molecule has 0 saturated carbocycles. The highest BCUT2D eigenvalue weighted by Gasteiger charge is 2.25. The molecule has 2 atom stereocenters. The second-order valence-corrected chi connectivity index (χ2v) is 7.88. The van der Waals surface area contributed by atoms with Crippen LogP contribution in [0.5, 0.6) is 0 Å². The Labute approximate surface area is 212 Å². The molecule has 2 rings (SSSR count). The van der Waals surface area contributed by atoms with Gasteiger partial charge < -0.3 is 20.1 Å². The van der Waals surface area contributed by atoms with Gasteiger partial charge >= 0.3 is 11.9 Å². The molecule has 0 saturated heterocycles. The van der Waals surface area contributed by atoms with Gasteiger partial charge in [-0.15, -0.1) is 0 Å². The molecule has 13 heteroatoms. The molecule has 0 heterocycles. The lowest BCUT2D eigenvalue weighted by Crippen LogP contribution is -2.42. The fourth-order valence-electron chi connectivity index (χ4n) is 3.39. The number of nitro groups is 1. The number of non-ortho nitro benzene ring substituents is 1. The van der Waals surface area contributed by atoms with Crippen molar-refractivity contribution in [2.75, 3.05) is 19.7 Å². The highest BCUT2D eigenvalue weighted by atomic mass is 16.6. The van der Waals surface area contributed by atoms with E-state index in [9.17, 15) is 29.3 Å². The Balaban J connectivity index is 1.94. The van der Waals surface area contributed by atoms with Gasteiger partial charge in [0.2, 0.25) is 0 Å². The fraction of sp³-hybridized carbons (Fsp3) is 0.333. The quantitative estimate of drug-likeness (QED) is 0.133. The number of esters is 2. The number of nitro benzene ring substituents is 1. The van der Waals surface area contributed by atoms with Crippen molar-refractivity contribution in [2.45, 2.75) is 37.8 Å². The van der Waals surface area contributed by atoms with Crippen LogP contribution in [0.2, 0.25) is 0 Å². The standard InChI is InChI=1S/C24H28N4O9/c1-36-23(31)19(25-21(29)15-7-11-17(27-33)12-8-15)5-3-4-6-20(24(32)37-2)26-22(30)16-9-13-18(14-10-16)28(34)35/h7-14,19-20,27,33H,3-6H2,1-2H3,(H,25,29)(H,26,30)/t19-,20-/m0/s1. The number of amides is 2. The molecule has 0 aromatic heterocycles. The van der Waals surface area contributed by atoms with Gasteiger partial charge in [-0.25, -0.2) is 9.59 Å². The number of nitrogens with zero attached hydrogens (tertiary/aromatic N) is 1. The number of carbonyl (C=O) groups excluding carboxylic acids is 4. The van der Waals surface area contributed by atoms with Gasteiger partial charge in [0.25, 0.3) is 17.5 Å². The molecule has 2 aromatic carbocycles. The minimum absolute atomic E-state index is 0.135. The monoisotopic (exact) mass is 516 g/mol. The molecule has 0 spiro atoms. The first-order chi connectivity index (χ1) is 17.7. The Bertz CT molecular complexity index is 1100. The predicted octanol–water partition coefficient (Wildman–Crippen LogP) is 2.20. The highest BCUT2D eigenvalue weighted by molar-refractivity contribution is 5.97. The van der Waals surface area contributed by atoms with E-state index in [4.69, 9.17) is 14.7 Å². The summed E-state index contributed by atoms with van der Waals surface area (Å²) in [5.74, 6) is -2.43. The maximum atomic E-state index is 12.5. The van der Waals surface area contributed by atoms with Gasteiger partial charge in [0.15, 0.2) is 0 Å². The lowest BCUT2D eigenvalue weighted by atomic mass is 10.0. The minimum Gasteiger partial charge on any atom is -0.467 e. The Morgan fingerprint density at radius 2 is 1.22 bits per heavy atom. The first kappa shape index (κ1) is 28.7. The molecule has 0 unspecified atom stereocenters. The van der Waals surface area contributed by atoms with Crippen LogP contribution in [0.1, 0.15) is 46.4 Å². The van der Waals surface area contributed by atoms with Gasteiger partial charge in [0, 0.05) is 23.3 Å². The van der Waals surface area contributed by atoms with Crippen molar-refractivity contribution in [2.24, 2.45) is 0 Å². The largest absolute Gasteiger partial charge is 0.467 e. The van der Waals surface area contributed by atoms with Gasteiger partial charge in [-0.3, -0.25) is 30.4 Å². The average molecular weight is 517 g/mol. The highest BCUT2D eigenvalue weighted by Crippen LogP contribution is 2.14. The number of carbonyl (C=O) groups is 4. The van der Waals surface area contributed by atoms with E-state index in [1.165, 1.54) is 62.8 Å². The van der Waals surface area contributed by atoms with Crippen molar-refractivity contribution in [1.82, 2.24) is 10.6 Å². The van der Waals surface area contributed by atoms with E-state index in [-0.39, 0.29) is 29.7 Å². The van der Waals surface area contributed by atoms with E-state index in [1.807, 2.05) is 5.48 Å². The predicted molar refractivity (Wildman–Crippen MR) is 130 cm³/mol. The molecule has 2 amide bonds. The van der Waals surface area contributed by atoms with Crippen LogP contribution in [0.15, 0.2) is 48.5 Å². The molecule has 2 aromatic rings. The van der Waals surface area contributed by atoms with E-state index in [0.29, 0.717) is 18.5 Å². The van der Waals surface area contributed by atoms with Gasteiger partial charge in [-0.1, -0.05) is 12.8 Å². The zero-order chi connectivity index (χ0) is 27.4. The van der Waals surface area contributed by atoms with Crippen LogP contribution < -0.4 is 16.1 Å². The van der Waals surface area contributed by atoms with Crippen LogP contribution in [-0.4, -0.2) is 60.2 Å². The summed E-state index contributed by atoms with van der Waals surface area (Å²) in [6.45, 7) is 0. The van der Waals surface area contributed by atoms with Crippen LogP contribution in [0.25, 0.3) is 0 Å². The Hall–Kier alpha value is -4.52. The lowest BCUT2D eigenvalue weighted by Gasteiger charge is -2.19. The third kappa shape index (κ3) is 8.58. The second kappa shape index (κ2) is 14.1. The lowest BCUT2D eigenvalue weighted by molar-refractivity contribution is -0.384. The van der Waals surface area contributed by atoms with E-state index < -0.39 is 40.8 Å². The number of nitrogens with one attached hydrogen (secondary N) is 3. The van der Waals surface area contributed by atoms with Crippen molar-refractivity contribution in [3.63, 3.8) is 0 Å². The summed E-state index contributed by atoms with van der Waals surface area (Å²) in [7, 11) is 2.38. The van der Waals surface area contributed by atoms with Crippen LogP contribution in [0, 0.1) is 10.1 Å². The number of ether oxygens (including phenoxy) is 2. The fourth-order valence-corrected chi connectivity index (χ4v) is 3.39. The maximum Gasteiger partial charge on any atom is 0.328 e. The molecular formula is C24H28N4O9. The second-order valence-electron chi connectivity index (χ2n) is 7.88. The van der Waals surface area contributed by atoms with Gasteiger partial charge in [0.05, 0.1) is 24.8 Å². The summed E-state index contributed by atoms with van der Waals surface area (Å²) in [5, 5.41) is 24.8. The van der Waals surface area contributed by atoms with Crippen molar-refractivity contribution in [3.8, 4) is 0 Å². The summed E-state index contributed by atoms with van der Waals surface area (Å²) in [4.78, 5) is 59.6. The maximum absolute atomic E-state index is 12.5. The zero-order valence-corrected chi connectivity index (χ0v) is 20.3. The third-order valence-electron chi connectivity index (χ3n) is 5.43. The summed E-state index contributed by atoms with van der Waals surface area (Å²) >= 11 is 0. The van der Waals surface area contributed by atoms with Crippen molar-refractivity contribution >= 4 is 35.1 Å². The van der Waals surface area contributed by atoms with Crippen LogP contribution in [-0.2, 0) is 19.1 Å². The number of anilines is 1. The molecule has 4 N–H and O–H groups in total. The first-order valence-corrected chi connectivity index (χ1v) is 11.2. The number of methoxy groups -OCH3 is 2. The molecule has 37 heavy (non-hydrogen) atoms. The van der Waals surface area contributed by atoms with Crippen LogP contribution >= 0.6 is 0 Å². The Morgan fingerprint density at radius 1 is 0.811 bits per heavy atom. The van der Waals surface area contributed by atoms with Crippen molar-refractivity contribution < 1.29 is 38.8 Å². The third-order valence-corrected chi connectivity index (χ3v) is 5.43. The molecule has 0 fully saturated rings. The smallest absolute Gasteiger partial charge is 0.328 e. The van der Waals surface area contributed by atoms with Crippen molar-refractivity contribution in [1.29, 1.82) is 0 Å². The topological polar surface area (TPSA) is 186 Å². The number of unbranched alkanes of at least 4 members (excludes halogenated alkanes) is 1.